The number of nitrogens with one attached hydrogen (secondary N) is 1. The van der Waals surface area contributed by atoms with Gasteiger partial charge in [-0.25, -0.2) is 4.98 Å². The number of aliphatic hydroxyl groups is 1. The van der Waals surface area contributed by atoms with Crippen molar-refractivity contribution < 1.29 is 9.90 Å². The molecule has 2 aromatic rings. The molecule has 5 heteroatoms. The second-order valence-electron chi connectivity index (χ2n) is 9.41. The molecule has 1 aromatic heterocycles. The van der Waals surface area contributed by atoms with Crippen LogP contribution in [0.1, 0.15) is 94.9 Å². The number of amides is 1. The first kappa shape index (κ1) is 22.8. The Morgan fingerprint density at radius 2 is 1.93 bits per heavy atom. The molecule has 0 bridgehead atoms. The normalized spacial score (nSPS) is 16.1. The van der Waals surface area contributed by atoms with Gasteiger partial charge in [0.05, 0.1) is 23.7 Å². The van der Waals surface area contributed by atoms with Crippen LogP contribution in [-0.2, 0) is 6.42 Å². The highest BCUT2D eigenvalue weighted by Crippen LogP contribution is 2.32. The molecule has 0 saturated heterocycles. The zero-order valence-corrected chi connectivity index (χ0v) is 19.2. The Labute approximate surface area is 181 Å². The molecule has 1 saturated carbocycles. The molecule has 0 unspecified atom stereocenters. The molecule has 30 heavy (non-hydrogen) atoms. The Morgan fingerprint density at radius 1 is 1.23 bits per heavy atom. The summed E-state index contributed by atoms with van der Waals surface area (Å²) in [5.74, 6) is 2.19. The predicted octanol–water partition coefficient (Wildman–Crippen LogP) is 5.27. The van der Waals surface area contributed by atoms with E-state index in [2.05, 4.69) is 43.6 Å². The predicted molar refractivity (Wildman–Crippen MR) is 123 cm³/mol. The van der Waals surface area contributed by atoms with Crippen LogP contribution in [0.3, 0.4) is 0 Å². The quantitative estimate of drug-likeness (QED) is 0.558. The fraction of sp³-hybridized carbons (Fsp3) is 0.680. The number of nitrogens with zero attached hydrogens (tertiary/aromatic N) is 2. The summed E-state index contributed by atoms with van der Waals surface area (Å²) in [7, 11) is 0. The van der Waals surface area contributed by atoms with Crippen molar-refractivity contribution in [2.75, 3.05) is 6.61 Å². The Kier molecular flexibility index (Phi) is 7.93. The van der Waals surface area contributed by atoms with Gasteiger partial charge >= 0.3 is 0 Å². The maximum absolute atomic E-state index is 12.8. The molecule has 5 nitrogen and oxygen atoms in total. The molecular weight excluding hydrogens is 374 g/mol. The largest absolute Gasteiger partial charge is 0.394 e. The maximum Gasteiger partial charge on any atom is 0.251 e. The number of aromatic nitrogens is 2. The van der Waals surface area contributed by atoms with Crippen LogP contribution in [0.2, 0.25) is 0 Å². The van der Waals surface area contributed by atoms with E-state index < -0.39 is 0 Å². The third-order valence-electron chi connectivity index (χ3n) is 6.59. The average molecular weight is 414 g/mol. The molecular formula is C25H39N3O2. The summed E-state index contributed by atoms with van der Waals surface area (Å²) >= 11 is 0. The van der Waals surface area contributed by atoms with E-state index in [0.717, 1.165) is 42.6 Å². The zero-order valence-electron chi connectivity index (χ0n) is 19.2. The number of carbonyl (C=O) groups is 1. The van der Waals surface area contributed by atoms with Crippen LogP contribution in [0.4, 0.5) is 0 Å². The van der Waals surface area contributed by atoms with E-state index in [-0.39, 0.29) is 18.6 Å². The lowest BCUT2D eigenvalue weighted by Gasteiger charge is -2.20. The van der Waals surface area contributed by atoms with Crippen molar-refractivity contribution in [2.24, 2.45) is 11.8 Å². The molecule has 0 aliphatic heterocycles. The Hall–Kier alpha value is -1.88. The lowest BCUT2D eigenvalue weighted by Crippen LogP contribution is -2.38. The summed E-state index contributed by atoms with van der Waals surface area (Å²) in [6, 6.07) is 6.11. The topological polar surface area (TPSA) is 67.2 Å². The molecule has 1 aliphatic carbocycles. The van der Waals surface area contributed by atoms with Gasteiger partial charge in [-0.2, -0.15) is 0 Å². The summed E-state index contributed by atoms with van der Waals surface area (Å²) in [6.45, 7) is 8.63. The molecule has 1 aliphatic rings. The number of benzene rings is 1. The van der Waals surface area contributed by atoms with E-state index in [0.29, 0.717) is 17.5 Å². The van der Waals surface area contributed by atoms with Crippen molar-refractivity contribution in [1.29, 1.82) is 0 Å². The van der Waals surface area contributed by atoms with Crippen LogP contribution in [0, 0.1) is 11.8 Å². The van der Waals surface area contributed by atoms with Gasteiger partial charge in [-0.1, -0.05) is 53.4 Å². The van der Waals surface area contributed by atoms with Gasteiger partial charge in [0.1, 0.15) is 5.82 Å². The fourth-order valence-electron chi connectivity index (χ4n) is 4.98. The van der Waals surface area contributed by atoms with Crippen LogP contribution >= 0.6 is 0 Å². The highest BCUT2D eigenvalue weighted by Gasteiger charge is 2.23. The Balaban J connectivity index is 1.90. The van der Waals surface area contributed by atoms with E-state index in [1.165, 1.54) is 31.5 Å². The van der Waals surface area contributed by atoms with Gasteiger partial charge in [0.2, 0.25) is 0 Å². The summed E-state index contributed by atoms with van der Waals surface area (Å²) in [4.78, 5) is 17.8. The van der Waals surface area contributed by atoms with Crippen LogP contribution in [0.15, 0.2) is 18.2 Å². The third-order valence-corrected chi connectivity index (χ3v) is 6.59. The molecule has 1 atom stereocenters. The van der Waals surface area contributed by atoms with Gasteiger partial charge in [-0.05, 0) is 49.3 Å². The minimum absolute atomic E-state index is 0.0407. The number of aliphatic hydroxyl groups excluding tert-OH is 1. The summed E-state index contributed by atoms with van der Waals surface area (Å²) < 4.78 is 2.44. The van der Waals surface area contributed by atoms with Gasteiger partial charge in [-0.15, -0.1) is 0 Å². The molecule has 2 N–H and O–H groups in total. The van der Waals surface area contributed by atoms with Crippen molar-refractivity contribution >= 4 is 16.9 Å². The van der Waals surface area contributed by atoms with Crippen LogP contribution in [-0.4, -0.2) is 33.2 Å². The number of imidazole rings is 1. The van der Waals surface area contributed by atoms with Crippen LogP contribution < -0.4 is 5.32 Å². The van der Waals surface area contributed by atoms with Crippen molar-refractivity contribution in [3.05, 3.63) is 29.6 Å². The molecule has 1 amide bonds. The Bertz CT molecular complexity index is 832. The minimum Gasteiger partial charge on any atom is -0.394 e. The maximum atomic E-state index is 12.8. The summed E-state index contributed by atoms with van der Waals surface area (Å²) in [6.07, 6.45) is 9.24. The smallest absolute Gasteiger partial charge is 0.251 e. The van der Waals surface area contributed by atoms with E-state index in [4.69, 9.17) is 4.98 Å². The molecule has 0 radical (unpaired) electrons. The van der Waals surface area contributed by atoms with Crippen molar-refractivity contribution in [3.63, 3.8) is 0 Å². The highest BCUT2D eigenvalue weighted by molar-refractivity contribution is 5.97. The molecule has 1 heterocycles. The first-order chi connectivity index (χ1) is 14.5. The second-order valence-corrected chi connectivity index (χ2v) is 9.41. The third kappa shape index (κ3) is 5.23. The van der Waals surface area contributed by atoms with Gasteiger partial charge in [-0.3, -0.25) is 4.79 Å². The van der Waals surface area contributed by atoms with Crippen molar-refractivity contribution in [3.8, 4) is 0 Å². The van der Waals surface area contributed by atoms with Crippen LogP contribution in [0.25, 0.3) is 11.0 Å². The molecule has 166 valence electrons. The molecule has 3 rings (SSSR count). The SMILES string of the molecule is CCC(CC)n1c(CC2CCCC2)nc2cc(C(=O)N[C@@H](CO)CC(C)C)ccc21. The highest BCUT2D eigenvalue weighted by atomic mass is 16.3. The zero-order chi connectivity index (χ0) is 21.7. The fourth-order valence-corrected chi connectivity index (χ4v) is 4.98. The Morgan fingerprint density at radius 3 is 2.53 bits per heavy atom. The standard InChI is InChI=1S/C25H39N3O2/c1-5-21(6-2)28-23-12-11-19(25(30)26-20(16-29)13-17(3)4)15-22(23)27-24(28)14-18-9-7-8-10-18/h11-12,15,17-18,20-21,29H,5-10,13-14,16H2,1-4H3,(H,26,30)/t20-/m1/s1. The summed E-state index contributed by atoms with van der Waals surface area (Å²) in [5, 5.41) is 12.6. The van der Waals surface area contributed by atoms with Crippen LogP contribution in [0.5, 0.6) is 0 Å². The number of rotatable bonds is 10. The van der Waals surface area contributed by atoms with Gasteiger partial charge in [0.25, 0.3) is 5.91 Å². The molecule has 1 aromatic carbocycles. The lowest BCUT2D eigenvalue weighted by molar-refractivity contribution is 0.0908. The lowest BCUT2D eigenvalue weighted by atomic mass is 10.0. The minimum atomic E-state index is -0.215. The number of fused-ring (bicyclic) bond motifs is 1. The number of hydrogen-bond donors (Lipinski definition) is 2. The molecule has 1 fully saturated rings. The summed E-state index contributed by atoms with van der Waals surface area (Å²) in [5.41, 5.74) is 2.66. The first-order valence-corrected chi connectivity index (χ1v) is 11.9. The molecule has 0 spiro atoms. The average Bonchev–Trinajstić information content (AvgIpc) is 3.36. The van der Waals surface area contributed by atoms with Gasteiger partial charge in [0.15, 0.2) is 0 Å². The van der Waals surface area contributed by atoms with E-state index >= 15 is 0 Å². The van der Waals surface area contributed by atoms with Gasteiger partial charge in [0, 0.05) is 18.0 Å². The van der Waals surface area contributed by atoms with Gasteiger partial charge < -0.3 is 15.0 Å². The van der Waals surface area contributed by atoms with Crippen molar-refractivity contribution in [1.82, 2.24) is 14.9 Å². The number of hydrogen-bond acceptors (Lipinski definition) is 3. The van der Waals surface area contributed by atoms with E-state index in [1.54, 1.807) is 0 Å². The number of carbonyl (C=O) groups excluding carboxylic acids is 1. The monoisotopic (exact) mass is 413 g/mol. The van der Waals surface area contributed by atoms with Crippen molar-refractivity contribution in [2.45, 2.75) is 91.1 Å². The first-order valence-electron chi connectivity index (χ1n) is 11.9. The second kappa shape index (κ2) is 10.4. The van der Waals surface area contributed by atoms with E-state index in [9.17, 15) is 9.90 Å². The van der Waals surface area contributed by atoms with E-state index in [1.807, 2.05) is 12.1 Å².